The van der Waals surface area contributed by atoms with Crippen LogP contribution in [0.2, 0.25) is 0 Å². The van der Waals surface area contributed by atoms with Gasteiger partial charge in [-0.2, -0.15) is 0 Å². The average Bonchev–Trinajstić information content (AvgIpc) is 2.43. The van der Waals surface area contributed by atoms with Gasteiger partial charge in [0.25, 0.3) is 5.91 Å². The minimum atomic E-state index is -1.02. The molecular weight excluding hydrogens is 256 g/mol. The maximum absolute atomic E-state index is 12.6. The fraction of sp³-hybridized carbons (Fsp3) is 0.267. The summed E-state index contributed by atoms with van der Waals surface area (Å²) in [6.45, 7) is 3.29. The monoisotopic (exact) mass is 272 g/mol. The lowest BCUT2D eigenvalue weighted by molar-refractivity contribution is -0.138. The lowest BCUT2D eigenvalue weighted by atomic mass is 10.0. The minimum absolute atomic E-state index is 0.185. The van der Waals surface area contributed by atoms with E-state index in [1.165, 1.54) is 4.90 Å². The third kappa shape index (κ3) is 2.77. The van der Waals surface area contributed by atoms with Crippen molar-refractivity contribution in [2.24, 2.45) is 0 Å². The summed E-state index contributed by atoms with van der Waals surface area (Å²) in [6, 6.07) is 6.94. The molecule has 0 radical (unpaired) electrons. The van der Waals surface area contributed by atoms with E-state index in [1.807, 2.05) is 6.07 Å². The molecule has 5 nitrogen and oxygen atoms in total. The van der Waals surface area contributed by atoms with Crippen LogP contribution in [0.5, 0.6) is 0 Å². The highest BCUT2D eigenvalue weighted by Gasteiger charge is 2.22. The van der Waals surface area contributed by atoms with Crippen LogP contribution in [0.15, 0.2) is 36.7 Å². The van der Waals surface area contributed by atoms with Gasteiger partial charge in [-0.1, -0.05) is 12.1 Å². The molecule has 0 spiro atoms. The van der Waals surface area contributed by atoms with Crippen molar-refractivity contribution >= 4 is 22.6 Å². The van der Waals surface area contributed by atoms with Crippen molar-refractivity contribution < 1.29 is 14.7 Å². The molecule has 2 aromatic rings. The van der Waals surface area contributed by atoms with Crippen LogP contribution in [0.1, 0.15) is 24.2 Å². The molecule has 0 atom stereocenters. The Labute approximate surface area is 116 Å². The number of carboxylic acid groups (broad SMARTS) is 1. The molecule has 5 heteroatoms. The summed E-state index contributed by atoms with van der Waals surface area (Å²) in [7, 11) is 0. The number of fused-ring (bicyclic) bond motifs is 1. The first kappa shape index (κ1) is 14.0. The topological polar surface area (TPSA) is 70.5 Å². The number of hydrogen-bond acceptors (Lipinski definition) is 3. The van der Waals surface area contributed by atoms with Crippen LogP contribution in [-0.2, 0) is 4.79 Å². The first-order valence-electron chi connectivity index (χ1n) is 6.36. The van der Waals surface area contributed by atoms with Crippen molar-refractivity contribution in [1.29, 1.82) is 0 Å². The quantitative estimate of drug-likeness (QED) is 0.926. The second-order valence-electron chi connectivity index (χ2n) is 4.82. The van der Waals surface area contributed by atoms with E-state index >= 15 is 0 Å². The molecule has 2 rings (SSSR count). The first-order valence-corrected chi connectivity index (χ1v) is 6.36. The lowest BCUT2D eigenvalue weighted by Crippen LogP contribution is -2.40. The van der Waals surface area contributed by atoms with Crippen molar-refractivity contribution in [3.05, 3.63) is 42.2 Å². The van der Waals surface area contributed by atoms with Crippen LogP contribution in [0.4, 0.5) is 0 Å². The highest BCUT2D eigenvalue weighted by atomic mass is 16.4. The zero-order valence-electron chi connectivity index (χ0n) is 11.4. The van der Waals surface area contributed by atoms with Crippen LogP contribution in [0.25, 0.3) is 10.8 Å². The van der Waals surface area contributed by atoms with E-state index in [2.05, 4.69) is 4.98 Å². The highest BCUT2D eigenvalue weighted by Crippen LogP contribution is 2.20. The van der Waals surface area contributed by atoms with Crippen LogP contribution in [0, 0.1) is 0 Å². The van der Waals surface area contributed by atoms with Crippen LogP contribution in [0.3, 0.4) is 0 Å². The number of aromatic nitrogens is 1. The van der Waals surface area contributed by atoms with E-state index in [0.29, 0.717) is 5.56 Å². The van der Waals surface area contributed by atoms with Gasteiger partial charge in [-0.15, -0.1) is 0 Å². The smallest absolute Gasteiger partial charge is 0.323 e. The maximum Gasteiger partial charge on any atom is 0.323 e. The highest BCUT2D eigenvalue weighted by molar-refractivity contribution is 6.07. The number of carboxylic acids is 1. The Balaban J connectivity index is 2.46. The summed E-state index contributed by atoms with van der Waals surface area (Å²) in [5.74, 6) is -1.30. The Kier molecular flexibility index (Phi) is 3.98. The van der Waals surface area contributed by atoms with Crippen molar-refractivity contribution in [1.82, 2.24) is 9.88 Å². The third-order valence-electron chi connectivity index (χ3n) is 3.10. The molecule has 20 heavy (non-hydrogen) atoms. The summed E-state index contributed by atoms with van der Waals surface area (Å²) < 4.78 is 0. The molecule has 0 aliphatic rings. The number of rotatable bonds is 4. The van der Waals surface area contributed by atoms with Crippen molar-refractivity contribution in [3.8, 4) is 0 Å². The van der Waals surface area contributed by atoms with Gasteiger partial charge in [0, 0.05) is 29.4 Å². The van der Waals surface area contributed by atoms with E-state index < -0.39 is 5.97 Å². The van der Waals surface area contributed by atoms with Crippen molar-refractivity contribution in [2.45, 2.75) is 19.9 Å². The van der Waals surface area contributed by atoms with Crippen molar-refractivity contribution in [3.63, 3.8) is 0 Å². The maximum atomic E-state index is 12.6. The number of pyridine rings is 1. The molecule has 0 bridgehead atoms. The summed E-state index contributed by atoms with van der Waals surface area (Å²) >= 11 is 0. The number of amides is 1. The third-order valence-corrected chi connectivity index (χ3v) is 3.10. The molecule has 0 unspecified atom stereocenters. The van der Waals surface area contributed by atoms with E-state index in [4.69, 9.17) is 5.11 Å². The van der Waals surface area contributed by atoms with E-state index in [1.54, 1.807) is 44.4 Å². The predicted octanol–water partition coefficient (Wildman–Crippen LogP) is 2.17. The minimum Gasteiger partial charge on any atom is -0.480 e. The number of carbonyl (C=O) groups excluding carboxylic acids is 1. The SMILES string of the molecule is CC(C)N(CC(=O)O)C(=O)c1cccc2cnccc12. The summed E-state index contributed by atoms with van der Waals surface area (Å²) in [4.78, 5) is 28.9. The number of benzene rings is 1. The molecule has 1 heterocycles. The van der Waals surface area contributed by atoms with Gasteiger partial charge in [-0.3, -0.25) is 14.6 Å². The predicted molar refractivity (Wildman–Crippen MR) is 75.6 cm³/mol. The molecule has 1 aromatic carbocycles. The molecule has 104 valence electrons. The van der Waals surface area contributed by atoms with Gasteiger partial charge in [-0.05, 0) is 31.4 Å². The summed E-state index contributed by atoms with van der Waals surface area (Å²) in [5, 5.41) is 10.6. The number of aliphatic carboxylic acids is 1. The fourth-order valence-corrected chi connectivity index (χ4v) is 2.10. The zero-order valence-corrected chi connectivity index (χ0v) is 11.4. The van der Waals surface area contributed by atoms with E-state index in [9.17, 15) is 9.59 Å². The Morgan fingerprint density at radius 2 is 2.05 bits per heavy atom. The number of nitrogens with zero attached hydrogens (tertiary/aromatic N) is 2. The van der Waals surface area contributed by atoms with Crippen LogP contribution in [-0.4, -0.2) is 39.5 Å². The summed E-state index contributed by atoms with van der Waals surface area (Å²) in [6.07, 6.45) is 3.30. The van der Waals surface area contributed by atoms with Gasteiger partial charge in [0.1, 0.15) is 6.54 Å². The molecular formula is C15H16N2O3. The fourth-order valence-electron chi connectivity index (χ4n) is 2.10. The van der Waals surface area contributed by atoms with Crippen molar-refractivity contribution in [2.75, 3.05) is 6.54 Å². The molecule has 0 fully saturated rings. The number of hydrogen-bond donors (Lipinski definition) is 1. The average molecular weight is 272 g/mol. The molecule has 0 saturated heterocycles. The molecule has 0 aliphatic carbocycles. The first-order chi connectivity index (χ1) is 9.50. The summed E-state index contributed by atoms with van der Waals surface area (Å²) in [5.41, 5.74) is 0.500. The normalized spacial score (nSPS) is 10.8. The van der Waals surface area contributed by atoms with Crippen LogP contribution < -0.4 is 0 Å². The van der Waals surface area contributed by atoms with E-state index in [0.717, 1.165) is 10.8 Å². The standard InChI is InChI=1S/C15H16N2O3/c1-10(2)17(9-14(18)19)15(20)13-5-3-4-11-8-16-7-6-12(11)13/h3-8,10H,9H2,1-2H3,(H,18,19). The van der Waals surface area contributed by atoms with Gasteiger partial charge in [0.05, 0.1) is 0 Å². The molecule has 1 N–H and O–H groups in total. The van der Waals surface area contributed by atoms with Gasteiger partial charge in [0.2, 0.25) is 0 Å². The second-order valence-corrected chi connectivity index (χ2v) is 4.82. The Morgan fingerprint density at radius 1 is 1.30 bits per heavy atom. The Hall–Kier alpha value is -2.43. The largest absolute Gasteiger partial charge is 0.480 e. The van der Waals surface area contributed by atoms with Crippen LogP contribution >= 0.6 is 0 Å². The Bertz CT molecular complexity index is 647. The van der Waals surface area contributed by atoms with Gasteiger partial charge in [-0.25, -0.2) is 0 Å². The van der Waals surface area contributed by atoms with E-state index in [-0.39, 0.29) is 18.5 Å². The van der Waals surface area contributed by atoms with Gasteiger partial charge >= 0.3 is 5.97 Å². The molecule has 1 amide bonds. The second kappa shape index (κ2) is 5.69. The lowest BCUT2D eigenvalue weighted by Gasteiger charge is -2.25. The zero-order chi connectivity index (χ0) is 14.7. The molecule has 0 aliphatic heterocycles. The number of carbonyl (C=O) groups is 2. The van der Waals surface area contributed by atoms with Gasteiger partial charge < -0.3 is 10.0 Å². The molecule has 0 saturated carbocycles. The van der Waals surface area contributed by atoms with Gasteiger partial charge in [0.15, 0.2) is 0 Å². The molecule has 1 aromatic heterocycles. The Morgan fingerprint density at radius 3 is 2.70 bits per heavy atom.